The first-order valence-electron chi connectivity index (χ1n) is 14.8. The molecule has 0 aliphatic rings. The summed E-state index contributed by atoms with van der Waals surface area (Å²) < 4.78 is 35.3. The van der Waals surface area contributed by atoms with Gasteiger partial charge in [0.15, 0.2) is 0 Å². The van der Waals surface area contributed by atoms with Gasteiger partial charge < -0.3 is 15.0 Å². The van der Waals surface area contributed by atoms with Crippen molar-refractivity contribution in [1.82, 2.24) is 10.2 Å². The Morgan fingerprint density at radius 3 is 2.07 bits per heavy atom. The summed E-state index contributed by atoms with van der Waals surface area (Å²) in [5.74, 6) is -0.259. The van der Waals surface area contributed by atoms with E-state index in [0.29, 0.717) is 18.0 Å². The average Bonchev–Trinajstić information content (AvgIpc) is 3.07. The maximum absolute atomic E-state index is 14.5. The smallest absolute Gasteiger partial charge is 0.264 e. The third kappa shape index (κ3) is 9.18. The lowest BCUT2D eigenvalue weighted by Crippen LogP contribution is -2.53. The van der Waals surface area contributed by atoms with Crippen LogP contribution in [0.4, 0.5) is 5.69 Å². The number of methoxy groups -OCH3 is 1. The number of benzene rings is 4. The molecule has 0 heterocycles. The van der Waals surface area contributed by atoms with Crippen LogP contribution >= 0.6 is 15.9 Å². The van der Waals surface area contributed by atoms with Gasteiger partial charge in [0.25, 0.3) is 10.0 Å². The molecule has 4 aromatic rings. The number of carbonyl (C=O) groups excluding carboxylic acids is 2. The van der Waals surface area contributed by atoms with Crippen molar-refractivity contribution < 1.29 is 22.7 Å². The number of ether oxygens (including phenoxy) is 1. The number of nitrogens with one attached hydrogen (secondary N) is 1. The molecule has 0 aliphatic carbocycles. The summed E-state index contributed by atoms with van der Waals surface area (Å²) in [5.41, 5.74) is 1.97. The summed E-state index contributed by atoms with van der Waals surface area (Å²) in [6.07, 6.45) is 1.96. The Labute approximate surface area is 274 Å². The number of anilines is 1. The molecule has 0 bridgehead atoms. The Morgan fingerprint density at radius 2 is 1.47 bits per heavy atom. The number of hydrogen-bond acceptors (Lipinski definition) is 5. The van der Waals surface area contributed by atoms with Crippen molar-refractivity contribution in [2.45, 2.75) is 43.7 Å². The normalized spacial score (nSPS) is 11.8. The minimum absolute atomic E-state index is 0.0474. The second-order valence-electron chi connectivity index (χ2n) is 10.5. The van der Waals surface area contributed by atoms with E-state index in [1.165, 1.54) is 24.1 Å². The molecule has 8 nitrogen and oxygen atoms in total. The van der Waals surface area contributed by atoms with E-state index in [-0.39, 0.29) is 23.8 Å². The number of nitrogens with zero attached hydrogens (tertiary/aromatic N) is 2. The predicted molar refractivity (Wildman–Crippen MR) is 181 cm³/mol. The van der Waals surface area contributed by atoms with Gasteiger partial charge in [-0.2, -0.15) is 0 Å². The van der Waals surface area contributed by atoms with Gasteiger partial charge >= 0.3 is 0 Å². The fourth-order valence-corrected chi connectivity index (χ4v) is 6.54. The summed E-state index contributed by atoms with van der Waals surface area (Å²) in [5, 5.41) is 3.00. The van der Waals surface area contributed by atoms with Crippen LogP contribution in [0.25, 0.3) is 0 Å². The second kappa shape index (κ2) is 16.2. The minimum atomic E-state index is -4.16. The van der Waals surface area contributed by atoms with Crippen LogP contribution in [0.1, 0.15) is 30.9 Å². The molecule has 4 rings (SSSR count). The van der Waals surface area contributed by atoms with E-state index in [9.17, 15) is 18.0 Å². The molecule has 236 valence electrons. The van der Waals surface area contributed by atoms with Crippen LogP contribution in [0.3, 0.4) is 0 Å². The van der Waals surface area contributed by atoms with E-state index in [2.05, 4.69) is 21.2 Å². The molecule has 4 aromatic carbocycles. The topological polar surface area (TPSA) is 96.0 Å². The SMILES string of the molecule is CCCCNC(=O)[C@@H](Cc1ccccc1)N(Cc1ccc(Br)cc1)C(=O)CN(c1ccc(OC)cc1)S(=O)(=O)c1ccccc1. The fourth-order valence-electron chi connectivity index (χ4n) is 4.84. The van der Waals surface area contributed by atoms with Crippen molar-refractivity contribution in [1.29, 1.82) is 0 Å². The van der Waals surface area contributed by atoms with Crippen LogP contribution in [-0.4, -0.2) is 51.4 Å². The quantitative estimate of drug-likeness (QED) is 0.150. The van der Waals surface area contributed by atoms with Crippen LogP contribution in [-0.2, 0) is 32.6 Å². The summed E-state index contributed by atoms with van der Waals surface area (Å²) in [6, 6.07) is 30.6. The Bertz CT molecular complexity index is 1630. The summed E-state index contributed by atoms with van der Waals surface area (Å²) in [4.78, 5) is 29.8. The van der Waals surface area contributed by atoms with Gasteiger partial charge in [-0.15, -0.1) is 0 Å². The van der Waals surface area contributed by atoms with Crippen LogP contribution in [0.5, 0.6) is 5.75 Å². The van der Waals surface area contributed by atoms with Gasteiger partial charge in [0, 0.05) is 24.0 Å². The van der Waals surface area contributed by atoms with Crippen molar-refractivity contribution >= 4 is 43.5 Å². The average molecular weight is 693 g/mol. The first kappa shape index (κ1) is 33.7. The molecule has 1 atom stereocenters. The van der Waals surface area contributed by atoms with Crippen LogP contribution in [0.15, 0.2) is 119 Å². The largest absolute Gasteiger partial charge is 0.497 e. The van der Waals surface area contributed by atoms with E-state index in [4.69, 9.17) is 4.74 Å². The first-order chi connectivity index (χ1) is 21.7. The molecule has 45 heavy (non-hydrogen) atoms. The van der Waals surface area contributed by atoms with E-state index in [1.807, 2.05) is 61.5 Å². The highest BCUT2D eigenvalue weighted by atomic mass is 79.9. The third-order valence-corrected chi connectivity index (χ3v) is 9.65. The van der Waals surface area contributed by atoms with Crippen LogP contribution < -0.4 is 14.4 Å². The van der Waals surface area contributed by atoms with Crippen LogP contribution in [0, 0.1) is 0 Å². The standard InChI is InChI=1S/C35H38BrN3O5S/c1-3-4-23-37-35(41)33(24-27-11-7-5-8-12-27)38(25-28-15-17-29(36)18-16-28)34(40)26-39(30-19-21-31(44-2)22-20-30)45(42,43)32-13-9-6-10-14-32/h5-22,33H,3-4,23-26H2,1-2H3,(H,37,41)/t33-/m1/s1. The Morgan fingerprint density at radius 1 is 0.844 bits per heavy atom. The minimum Gasteiger partial charge on any atom is -0.497 e. The number of hydrogen-bond donors (Lipinski definition) is 1. The molecular weight excluding hydrogens is 654 g/mol. The molecular formula is C35H38BrN3O5S. The molecule has 0 aliphatic heterocycles. The molecule has 0 unspecified atom stereocenters. The summed E-state index contributed by atoms with van der Waals surface area (Å²) in [7, 11) is -2.64. The summed E-state index contributed by atoms with van der Waals surface area (Å²) in [6.45, 7) is 2.10. The molecule has 10 heteroatoms. The molecule has 0 saturated heterocycles. The number of halogens is 1. The second-order valence-corrected chi connectivity index (χ2v) is 13.3. The molecule has 0 saturated carbocycles. The van der Waals surface area contributed by atoms with Crippen molar-refractivity contribution in [2.24, 2.45) is 0 Å². The fraction of sp³-hybridized carbons (Fsp3) is 0.257. The molecule has 2 amide bonds. The third-order valence-electron chi connectivity index (χ3n) is 7.34. The van der Waals surface area contributed by atoms with E-state index in [1.54, 1.807) is 42.5 Å². The summed E-state index contributed by atoms with van der Waals surface area (Å²) >= 11 is 3.46. The zero-order valence-electron chi connectivity index (χ0n) is 25.4. The number of unbranched alkanes of at least 4 members (excludes halogenated alkanes) is 1. The Balaban J connectivity index is 1.77. The lowest BCUT2D eigenvalue weighted by Gasteiger charge is -2.34. The van der Waals surface area contributed by atoms with Gasteiger partial charge in [0.2, 0.25) is 11.8 Å². The van der Waals surface area contributed by atoms with E-state index in [0.717, 1.165) is 32.7 Å². The molecule has 0 radical (unpaired) electrons. The van der Waals surface area contributed by atoms with E-state index >= 15 is 0 Å². The highest BCUT2D eigenvalue weighted by Gasteiger charge is 2.34. The number of sulfonamides is 1. The van der Waals surface area contributed by atoms with Crippen molar-refractivity contribution in [2.75, 3.05) is 24.5 Å². The van der Waals surface area contributed by atoms with E-state index < -0.39 is 28.5 Å². The maximum Gasteiger partial charge on any atom is 0.264 e. The van der Waals surface area contributed by atoms with Gasteiger partial charge in [-0.1, -0.05) is 89.9 Å². The highest BCUT2D eigenvalue weighted by molar-refractivity contribution is 9.10. The molecule has 0 fully saturated rings. The van der Waals surface area contributed by atoms with Gasteiger partial charge in [-0.25, -0.2) is 8.42 Å². The Hall–Kier alpha value is -4.15. The zero-order valence-corrected chi connectivity index (χ0v) is 27.8. The first-order valence-corrected chi connectivity index (χ1v) is 17.0. The van der Waals surface area contributed by atoms with Gasteiger partial charge in [0.1, 0.15) is 18.3 Å². The number of rotatable bonds is 15. The van der Waals surface area contributed by atoms with Gasteiger partial charge in [-0.05, 0) is 66.1 Å². The van der Waals surface area contributed by atoms with Crippen molar-refractivity contribution in [3.8, 4) is 5.75 Å². The lowest BCUT2D eigenvalue weighted by atomic mass is 10.0. The Kier molecular flexibility index (Phi) is 12.2. The molecule has 0 spiro atoms. The molecule has 1 N–H and O–H groups in total. The highest BCUT2D eigenvalue weighted by Crippen LogP contribution is 2.27. The van der Waals surface area contributed by atoms with Crippen molar-refractivity contribution in [3.05, 3.63) is 125 Å². The number of carbonyl (C=O) groups is 2. The lowest BCUT2D eigenvalue weighted by molar-refractivity contribution is -0.140. The predicted octanol–water partition coefficient (Wildman–Crippen LogP) is 6.21. The zero-order chi connectivity index (χ0) is 32.2. The monoisotopic (exact) mass is 691 g/mol. The van der Waals surface area contributed by atoms with Crippen molar-refractivity contribution in [3.63, 3.8) is 0 Å². The van der Waals surface area contributed by atoms with Gasteiger partial charge in [-0.3, -0.25) is 13.9 Å². The number of amides is 2. The maximum atomic E-state index is 14.5. The van der Waals surface area contributed by atoms with Gasteiger partial charge in [0.05, 0.1) is 17.7 Å². The van der Waals surface area contributed by atoms with Crippen LogP contribution in [0.2, 0.25) is 0 Å². The molecule has 0 aromatic heterocycles.